The minimum atomic E-state index is -0.130. The average Bonchev–Trinajstić information content (AvgIpc) is 2.76. The molecule has 0 aliphatic heterocycles. The maximum atomic E-state index is 12.6. The summed E-state index contributed by atoms with van der Waals surface area (Å²) in [4.78, 5) is 30.2. The third-order valence-electron chi connectivity index (χ3n) is 4.48. The fraction of sp³-hybridized carbons (Fsp3) is 0.318. The van der Waals surface area contributed by atoms with Gasteiger partial charge in [0.2, 0.25) is 0 Å². The molecule has 0 fully saturated rings. The smallest absolute Gasteiger partial charge is 0.259 e. The van der Waals surface area contributed by atoms with E-state index in [1.165, 1.54) is 18.8 Å². The van der Waals surface area contributed by atoms with E-state index in [0.717, 1.165) is 22.3 Å². The van der Waals surface area contributed by atoms with Crippen molar-refractivity contribution in [3.05, 3.63) is 46.5 Å². The van der Waals surface area contributed by atoms with E-state index in [-0.39, 0.29) is 5.56 Å². The number of aldehydes is 1. The molecule has 0 aliphatic carbocycles. The highest BCUT2D eigenvalue weighted by Gasteiger charge is 2.17. The van der Waals surface area contributed by atoms with E-state index in [1.54, 1.807) is 31.6 Å². The van der Waals surface area contributed by atoms with E-state index in [4.69, 9.17) is 9.47 Å². The number of pyridine rings is 2. The molecule has 0 saturated heterocycles. The van der Waals surface area contributed by atoms with Gasteiger partial charge in [0.05, 0.1) is 25.2 Å². The van der Waals surface area contributed by atoms with E-state index in [0.29, 0.717) is 28.7 Å². The number of anilines is 1. The fourth-order valence-corrected chi connectivity index (χ4v) is 3.03. The van der Waals surface area contributed by atoms with Crippen LogP contribution in [0, 0.1) is 0 Å². The van der Waals surface area contributed by atoms with Crippen LogP contribution in [0.3, 0.4) is 0 Å². The van der Waals surface area contributed by atoms with Gasteiger partial charge in [-0.3, -0.25) is 9.59 Å². The van der Waals surface area contributed by atoms with Crippen molar-refractivity contribution in [1.82, 2.24) is 9.55 Å². The molecule has 0 spiro atoms. The van der Waals surface area contributed by atoms with Crippen molar-refractivity contribution >= 4 is 22.9 Å². The molecule has 2 heterocycles. The Morgan fingerprint density at radius 3 is 2.10 bits per heavy atom. The Balaban J connectivity index is 0.00000145. The van der Waals surface area contributed by atoms with Gasteiger partial charge >= 0.3 is 0 Å². The summed E-state index contributed by atoms with van der Waals surface area (Å²) in [5.74, 6) is 1.55. The normalized spacial score (nSPS) is 10.2. The van der Waals surface area contributed by atoms with Gasteiger partial charge in [-0.1, -0.05) is 13.8 Å². The van der Waals surface area contributed by atoms with Gasteiger partial charge in [-0.15, -0.1) is 0 Å². The van der Waals surface area contributed by atoms with Gasteiger partial charge in [0.25, 0.3) is 5.56 Å². The zero-order valence-corrected chi connectivity index (χ0v) is 17.9. The number of benzene rings is 1. The first-order valence-corrected chi connectivity index (χ1v) is 9.29. The molecule has 7 nitrogen and oxygen atoms in total. The van der Waals surface area contributed by atoms with Crippen LogP contribution in [-0.2, 0) is 7.05 Å². The van der Waals surface area contributed by atoms with E-state index in [9.17, 15) is 9.59 Å². The molecular formula is C22H27N3O4. The van der Waals surface area contributed by atoms with Crippen LogP contribution < -0.4 is 19.9 Å². The van der Waals surface area contributed by atoms with Crippen molar-refractivity contribution in [3.8, 4) is 22.6 Å². The second-order valence-corrected chi connectivity index (χ2v) is 6.35. The molecule has 0 bridgehead atoms. The average molecular weight is 397 g/mol. The van der Waals surface area contributed by atoms with Crippen molar-refractivity contribution in [2.45, 2.75) is 13.8 Å². The predicted molar refractivity (Wildman–Crippen MR) is 117 cm³/mol. The van der Waals surface area contributed by atoms with Crippen molar-refractivity contribution in [2.24, 2.45) is 7.05 Å². The molecule has 0 radical (unpaired) electrons. The molecular weight excluding hydrogens is 370 g/mol. The zero-order chi connectivity index (χ0) is 21.7. The van der Waals surface area contributed by atoms with Gasteiger partial charge in [0.1, 0.15) is 17.3 Å². The molecule has 7 heteroatoms. The molecule has 3 rings (SSSR count). The minimum Gasteiger partial charge on any atom is -0.496 e. The molecule has 0 amide bonds. The van der Waals surface area contributed by atoms with Gasteiger partial charge in [0.15, 0.2) is 6.29 Å². The van der Waals surface area contributed by atoms with E-state index >= 15 is 0 Å². The molecule has 0 aliphatic rings. The van der Waals surface area contributed by atoms with Crippen molar-refractivity contribution < 1.29 is 14.3 Å². The first kappa shape index (κ1) is 21.9. The van der Waals surface area contributed by atoms with Crippen molar-refractivity contribution in [1.29, 1.82) is 0 Å². The number of carbonyl (C=O) groups is 1. The number of ether oxygens (including phenoxy) is 2. The number of fused-ring (bicyclic) bond motifs is 1. The number of aryl methyl sites for hydroxylation is 1. The van der Waals surface area contributed by atoms with Crippen LogP contribution in [0.4, 0.5) is 5.82 Å². The summed E-state index contributed by atoms with van der Waals surface area (Å²) in [6, 6.07) is 5.40. The largest absolute Gasteiger partial charge is 0.496 e. The van der Waals surface area contributed by atoms with Crippen LogP contribution in [0.2, 0.25) is 0 Å². The summed E-state index contributed by atoms with van der Waals surface area (Å²) < 4.78 is 12.3. The monoisotopic (exact) mass is 397 g/mol. The Morgan fingerprint density at radius 2 is 1.62 bits per heavy atom. The second-order valence-electron chi connectivity index (χ2n) is 6.35. The lowest BCUT2D eigenvalue weighted by Crippen LogP contribution is -2.18. The molecule has 0 atom stereocenters. The van der Waals surface area contributed by atoms with Crippen LogP contribution in [-0.4, -0.2) is 44.2 Å². The summed E-state index contributed by atoms with van der Waals surface area (Å²) in [6.45, 7) is 4.00. The molecule has 0 unspecified atom stereocenters. The topological polar surface area (TPSA) is 73.7 Å². The van der Waals surface area contributed by atoms with Gasteiger partial charge in [0, 0.05) is 44.5 Å². The SMILES string of the molecule is CC.COc1cc(-c2cn(C)c(=O)c3cnc(N(C)C)cc23)cc(OC)c1C=O. The highest BCUT2D eigenvalue weighted by molar-refractivity contribution is 5.98. The van der Waals surface area contributed by atoms with Gasteiger partial charge in [-0.05, 0) is 23.8 Å². The number of rotatable bonds is 5. The fourth-order valence-electron chi connectivity index (χ4n) is 3.03. The maximum absolute atomic E-state index is 12.6. The van der Waals surface area contributed by atoms with Gasteiger partial charge in [-0.2, -0.15) is 0 Å². The summed E-state index contributed by atoms with van der Waals surface area (Å²) in [5, 5.41) is 1.28. The Hall–Kier alpha value is -3.35. The standard InChI is InChI=1S/C20H21N3O4.C2H6/c1-22(2)19-8-13-14(9-21-19)20(25)23(3)10-15(13)12-6-17(26-4)16(11-24)18(7-12)27-5;1-2/h6-11H,1-5H3;1-2H3. The quantitative estimate of drug-likeness (QED) is 0.613. The number of nitrogens with zero attached hydrogens (tertiary/aromatic N) is 3. The zero-order valence-electron chi connectivity index (χ0n) is 17.9. The van der Waals surface area contributed by atoms with Crippen molar-refractivity contribution in [3.63, 3.8) is 0 Å². The first-order chi connectivity index (χ1) is 13.9. The molecule has 0 N–H and O–H groups in total. The lowest BCUT2D eigenvalue weighted by atomic mass is 9.99. The number of methoxy groups -OCH3 is 2. The molecule has 2 aromatic heterocycles. The Kier molecular flexibility index (Phi) is 6.98. The summed E-state index contributed by atoms with van der Waals surface area (Å²) in [6.07, 6.45) is 4.05. The van der Waals surface area contributed by atoms with Crippen LogP contribution in [0.15, 0.2) is 35.4 Å². The number of hydrogen-bond acceptors (Lipinski definition) is 6. The molecule has 3 aromatic rings. The van der Waals surface area contributed by atoms with Crippen LogP contribution >= 0.6 is 0 Å². The first-order valence-electron chi connectivity index (χ1n) is 9.29. The van der Waals surface area contributed by atoms with Gasteiger partial charge in [-0.25, -0.2) is 4.98 Å². The van der Waals surface area contributed by atoms with Crippen LogP contribution in [0.25, 0.3) is 21.9 Å². The summed E-state index contributed by atoms with van der Waals surface area (Å²) in [5.41, 5.74) is 1.79. The summed E-state index contributed by atoms with van der Waals surface area (Å²) in [7, 11) is 8.47. The van der Waals surface area contributed by atoms with Crippen molar-refractivity contribution in [2.75, 3.05) is 33.2 Å². The molecule has 1 aromatic carbocycles. The highest BCUT2D eigenvalue weighted by Crippen LogP contribution is 2.36. The molecule has 154 valence electrons. The number of hydrogen-bond donors (Lipinski definition) is 0. The number of aromatic nitrogens is 2. The van der Waals surface area contributed by atoms with Crippen LogP contribution in [0.1, 0.15) is 24.2 Å². The highest BCUT2D eigenvalue weighted by atomic mass is 16.5. The third kappa shape index (κ3) is 4.08. The Labute approximate surface area is 170 Å². The second kappa shape index (κ2) is 9.23. The number of carbonyl (C=O) groups excluding carboxylic acids is 1. The minimum absolute atomic E-state index is 0.130. The van der Waals surface area contributed by atoms with Gasteiger partial charge < -0.3 is 18.9 Å². The molecule has 29 heavy (non-hydrogen) atoms. The molecule has 0 saturated carbocycles. The third-order valence-corrected chi connectivity index (χ3v) is 4.48. The lowest BCUT2D eigenvalue weighted by molar-refractivity contribution is 0.111. The van der Waals surface area contributed by atoms with E-state index in [1.807, 2.05) is 38.9 Å². The van der Waals surface area contributed by atoms with E-state index in [2.05, 4.69) is 4.98 Å². The van der Waals surface area contributed by atoms with E-state index < -0.39 is 0 Å². The Morgan fingerprint density at radius 1 is 1.03 bits per heavy atom. The lowest BCUT2D eigenvalue weighted by Gasteiger charge is -2.16. The Bertz CT molecular complexity index is 1060. The maximum Gasteiger partial charge on any atom is 0.259 e. The predicted octanol–water partition coefficient (Wildman–Crippen LogP) is 3.52. The summed E-state index contributed by atoms with van der Waals surface area (Å²) >= 11 is 0. The van der Waals surface area contributed by atoms with Crippen LogP contribution in [0.5, 0.6) is 11.5 Å².